The Morgan fingerprint density at radius 2 is 1.31 bits per heavy atom. The quantitative estimate of drug-likeness (QED) is 0.168. The molecule has 0 bridgehead atoms. The molecule has 0 N–H and O–H groups in total. The van der Waals surface area contributed by atoms with Crippen LogP contribution in [0.1, 0.15) is 39.1 Å². The maximum absolute atomic E-state index is 5.77. The van der Waals surface area contributed by atoms with Crippen LogP contribution in [0.25, 0.3) is 72.9 Å². The maximum Gasteiger partial charge on any atom is 0.0754 e. The highest BCUT2D eigenvalue weighted by Crippen LogP contribution is 2.61. The first kappa shape index (κ1) is 29.3. The van der Waals surface area contributed by atoms with Gasteiger partial charge in [-0.25, -0.2) is 0 Å². The molecule has 1 aliphatic carbocycles. The number of aromatic nitrogens is 1. The molecule has 1 atom stereocenters. The van der Waals surface area contributed by atoms with Crippen LogP contribution < -0.4 is 0 Å². The van der Waals surface area contributed by atoms with Gasteiger partial charge < -0.3 is 4.57 Å². The minimum atomic E-state index is -0.543. The van der Waals surface area contributed by atoms with Gasteiger partial charge in [-0.15, -0.1) is 6.42 Å². The first-order chi connectivity index (χ1) is 25.1. The second-order valence-corrected chi connectivity index (χ2v) is 13.7. The molecule has 238 valence electrons. The average Bonchev–Trinajstić information content (AvgIpc) is 3.66. The van der Waals surface area contributed by atoms with E-state index in [2.05, 4.69) is 176 Å². The molecular weight excluding hydrogens is 615 g/mol. The van der Waals surface area contributed by atoms with Crippen LogP contribution in [-0.2, 0) is 5.41 Å². The van der Waals surface area contributed by atoms with E-state index < -0.39 is 5.41 Å². The lowest BCUT2D eigenvalue weighted by Gasteiger charge is -2.39. The van der Waals surface area contributed by atoms with Gasteiger partial charge in [-0.1, -0.05) is 158 Å². The van der Waals surface area contributed by atoms with Gasteiger partial charge in [-0.3, -0.25) is 0 Å². The Balaban J connectivity index is 1.34. The lowest BCUT2D eigenvalue weighted by atomic mass is 9.65. The van der Waals surface area contributed by atoms with Crippen LogP contribution in [0.2, 0.25) is 0 Å². The SMILES string of the molecule is C#C/C=C\c1c(C=C)c2cccc3c2n1-c1ccccc1C31c2ccccc2-c2ccc(-c3ccc4ccccc4c3-c3ccc(C)cc3)cc21. The van der Waals surface area contributed by atoms with Crippen LogP contribution in [0.15, 0.2) is 158 Å². The largest absolute Gasteiger partial charge is 0.309 e. The van der Waals surface area contributed by atoms with E-state index in [-0.39, 0.29) is 0 Å². The number of para-hydroxylation sites is 2. The highest BCUT2D eigenvalue weighted by Gasteiger charge is 2.51. The van der Waals surface area contributed by atoms with Gasteiger partial charge in [0.1, 0.15) is 0 Å². The number of nitrogens with zero attached hydrogens (tertiary/aromatic N) is 1. The van der Waals surface area contributed by atoms with E-state index in [1.807, 2.05) is 6.08 Å². The summed E-state index contributed by atoms with van der Waals surface area (Å²) in [6, 6.07) is 54.2. The maximum atomic E-state index is 5.77. The number of hydrogen-bond donors (Lipinski definition) is 0. The van der Waals surface area contributed by atoms with Crippen LogP contribution in [0.5, 0.6) is 0 Å². The molecule has 0 fully saturated rings. The third-order valence-electron chi connectivity index (χ3n) is 11.2. The van der Waals surface area contributed by atoms with Crippen molar-refractivity contribution in [3.8, 4) is 51.4 Å². The zero-order valence-corrected chi connectivity index (χ0v) is 28.3. The van der Waals surface area contributed by atoms with Gasteiger partial charge in [-0.05, 0) is 97.6 Å². The molecule has 2 aliphatic rings. The lowest BCUT2D eigenvalue weighted by Crippen LogP contribution is -2.33. The summed E-state index contributed by atoms with van der Waals surface area (Å²) in [7, 11) is 0. The third kappa shape index (κ3) is 3.88. The number of rotatable bonds is 4. The Morgan fingerprint density at radius 3 is 2.16 bits per heavy atom. The molecule has 1 nitrogen and oxygen atoms in total. The number of terminal acetylenes is 1. The minimum absolute atomic E-state index is 0.543. The van der Waals surface area contributed by atoms with E-state index in [9.17, 15) is 0 Å². The van der Waals surface area contributed by atoms with Gasteiger partial charge in [0.15, 0.2) is 0 Å². The zero-order valence-electron chi connectivity index (χ0n) is 28.3. The zero-order chi connectivity index (χ0) is 34.3. The lowest BCUT2D eigenvalue weighted by molar-refractivity contribution is 0.744. The van der Waals surface area contributed by atoms with Crippen LogP contribution in [0.4, 0.5) is 0 Å². The second kappa shape index (κ2) is 10.9. The molecule has 7 aromatic carbocycles. The van der Waals surface area contributed by atoms with Gasteiger partial charge in [0.25, 0.3) is 0 Å². The van der Waals surface area contributed by atoms with Crippen molar-refractivity contribution in [2.24, 2.45) is 0 Å². The summed E-state index contributed by atoms with van der Waals surface area (Å²) in [4.78, 5) is 0. The van der Waals surface area contributed by atoms with Crippen molar-refractivity contribution in [2.75, 3.05) is 0 Å². The topological polar surface area (TPSA) is 4.93 Å². The summed E-state index contributed by atoms with van der Waals surface area (Å²) in [6.45, 7) is 6.42. The third-order valence-corrected chi connectivity index (χ3v) is 11.2. The van der Waals surface area contributed by atoms with Gasteiger partial charge >= 0.3 is 0 Å². The Morgan fingerprint density at radius 1 is 0.627 bits per heavy atom. The van der Waals surface area contributed by atoms with Gasteiger partial charge in [-0.2, -0.15) is 0 Å². The number of hydrogen-bond acceptors (Lipinski definition) is 0. The molecule has 0 radical (unpaired) electrons. The Hall–Kier alpha value is -6.62. The summed E-state index contributed by atoms with van der Waals surface area (Å²) >= 11 is 0. The predicted octanol–water partition coefficient (Wildman–Crippen LogP) is 12.4. The van der Waals surface area contributed by atoms with Crippen molar-refractivity contribution in [3.63, 3.8) is 0 Å². The summed E-state index contributed by atoms with van der Waals surface area (Å²) < 4.78 is 2.40. The molecule has 1 spiro atoms. The van der Waals surface area contributed by atoms with E-state index in [0.29, 0.717) is 0 Å². The molecule has 51 heavy (non-hydrogen) atoms. The van der Waals surface area contributed by atoms with Crippen LogP contribution in [0.3, 0.4) is 0 Å². The van der Waals surface area contributed by atoms with Gasteiger partial charge in [0.2, 0.25) is 0 Å². The minimum Gasteiger partial charge on any atom is -0.309 e. The van der Waals surface area contributed by atoms with E-state index in [0.717, 1.165) is 16.9 Å². The highest BCUT2D eigenvalue weighted by molar-refractivity contribution is 6.06. The smallest absolute Gasteiger partial charge is 0.0754 e. The van der Waals surface area contributed by atoms with E-state index in [1.54, 1.807) is 6.08 Å². The molecule has 0 amide bonds. The summed E-state index contributed by atoms with van der Waals surface area (Å²) in [5, 5.41) is 3.67. The van der Waals surface area contributed by atoms with Crippen LogP contribution >= 0.6 is 0 Å². The summed E-state index contributed by atoms with van der Waals surface area (Å²) in [5.41, 5.74) is 17.8. The van der Waals surface area contributed by atoms with E-state index >= 15 is 0 Å². The molecule has 0 saturated carbocycles. The van der Waals surface area contributed by atoms with Crippen molar-refractivity contribution in [3.05, 3.63) is 197 Å². The number of allylic oxidation sites excluding steroid dienone is 1. The van der Waals surface area contributed by atoms with Crippen molar-refractivity contribution < 1.29 is 0 Å². The first-order valence-corrected chi connectivity index (χ1v) is 17.5. The molecular formula is C50H33N. The average molecular weight is 648 g/mol. The molecule has 1 unspecified atom stereocenters. The second-order valence-electron chi connectivity index (χ2n) is 13.7. The summed E-state index contributed by atoms with van der Waals surface area (Å²) in [6.07, 6.45) is 11.6. The van der Waals surface area contributed by atoms with E-state index in [4.69, 9.17) is 6.42 Å². The van der Waals surface area contributed by atoms with E-state index in [1.165, 1.54) is 82.9 Å². The molecule has 1 heteroatoms. The molecule has 8 aromatic rings. The van der Waals surface area contributed by atoms with Crippen molar-refractivity contribution >= 4 is 33.8 Å². The van der Waals surface area contributed by atoms with Gasteiger partial charge in [0.05, 0.1) is 22.3 Å². The predicted molar refractivity (Wildman–Crippen MR) is 215 cm³/mol. The van der Waals surface area contributed by atoms with Crippen molar-refractivity contribution in [1.29, 1.82) is 0 Å². The standard InChI is InChI=1S/C50H33N/c1-4-6-21-46-36(5-2)41-17-13-20-44-49(41)51(46)47-22-12-11-19-43(47)50(44)42-18-10-9-16-39(42)40-30-28-35(31-45(40)50)38-29-27-33-14-7-8-15-37(33)48(38)34-25-23-32(3)24-26-34/h1,5-31H,2H2,3H3/b21-6-. The highest BCUT2D eigenvalue weighted by atomic mass is 15.0. The molecule has 2 heterocycles. The Bertz CT molecular complexity index is 2830. The number of benzene rings is 7. The van der Waals surface area contributed by atoms with Crippen LogP contribution in [-0.4, -0.2) is 4.57 Å². The molecule has 0 saturated heterocycles. The Labute approximate surface area is 298 Å². The molecule has 1 aliphatic heterocycles. The summed E-state index contributed by atoms with van der Waals surface area (Å²) in [5.74, 6) is 2.72. The Kier molecular flexibility index (Phi) is 6.29. The molecule has 10 rings (SSSR count). The first-order valence-electron chi connectivity index (χ1n) is 17.5. The monoisotopic (exact) mass is 647 g/mol. The number of aryl methyl sites for hydroxylation is 1. The fourth-order valence-corrected chi connectivity index (χ4v) is 9.14. The van der Waals surface area contributed by atoms with Crippen LogP contribution in [0, 0.1) is 19.3 Å². The van der Waals surface area contributed by atoms with Crippen molar-refractivity contribution in [2.45, 2.75) is 12.3 Å². The number of fused-ring (bicyclic) bond motifs is 10. The fourth-order valence-electron chi connectivity index (χ4n) is 9.14. The molecule has 1 aromatic heterocycles. The van der Waals surface area contributed by atoms with Gasteiger partial charge in [0, 0.05) is 10.9 Å². The fraction of sp³-hybridized carbons (Fsp3) is 0.0400. The van der Waals surface area contributed by atoms with Crippen molar-refractivity contribution in [1.82, 2.24) is 4.57 Å². The normalized spacial score (nSPS) is 15.2.